The number of para-hydroxylation sites is 1. The molecular weight excluding hydrogens is 749 g/mol. The average Bonchev–Trinajstić information content (AvgIpc) is 3.74. The van der Waals surface area contributed by atoms with Crippen molar-refractivity contribution < 1.29 is 33.8 Å². The van der Waals surface area contributed by atoms with Gasteiger partial charge < -0.3 is 36.3 Å². The van der Waals surface area contributed by atoms with Crippen molar-refractivity contribution in [2.75, 3.05) is 31.6 Å². The van der Waals surface area contributed by atoms with E-state index >= 15 is 14.4 Å². The van der Waals surface area contributed by atoms with Gasteiger partial charge in [-0.1, -0.05) is 96.8 Å². The highest BCUT2D eigenvalue weighted by Gasteiger charge is 2.74. The van der Waals surface area contributed by atoms with Gasteiger partial charge in [-0.05, 0) is 53.1 Å². The molecule has 0 bridgehead atoms. The highest BCUT2D eigenvalue weighted by Crippen LogP contribution is 2.65. The number of primary amides is 1. The normalized spacial score (nSPS) is 22.9. The molecule has 0 unspecified atom stereocenters. The largest absolute Gasteiger partial charge is 0.491 e. The first kappa shape index (κ1) is 38.8. The first-order valence-corrected chi connectivity index (χ1v) is 19.4. The lowest BCUT2D eigenvalue weighted by Gasteiger charge is -2.46. The van der Waals surface area contributed by atoms with Crippen molar-refractivity contribution >= 4 is 29.5 Å². The number of rotatable bonds is 11. The van der Waals surface area contributed by atoms with Gasteiger partial charge in [-0.25, -0.2) is 4.79 Å². The third kappa shape index (κ3) is 7.24. The van der Waals surface area contributed by atoms with Gasteiger partial charge in [-0.15, -0.1) is 0 Å². The van der Waals surface area contributed by atoms with Crippen LogP contribution < -0.4 is 26.4 Å². The SMILES string of the molecule is NC(=O)NCC#Cc1ccc2c(c1)[C@]1(C(=O)N2)[C@H](C(=O)NCCc2ccccn2)[C@H]2C(=O)O[C@H](c3ccccc3)[C@H](c3ccccc3)N2[C@@H]1c1ccccc1OCCO. The number of aromatic nitrogens is 1. The summed E-state index contributed by atoms with van der Waals surface area (Å²) in [5, 5.41) is 18.5. The molecule has 1 spiro atoms. The molecule has 59 heavy (non-hydrogen) atoms. The quantitative estimate of drug-likeness (QED) is 0.0971. The Kier molecular flexibility index (Phi) is 11.1. The highest BCUT2D eigenvalue weighted by molar-refractivity contribution is 6.12. The van der Waals surface area contributed by atoms with Gasteiger partial charge in [0, 0.05) is 41.7 Å². The van der Waals surface area contributed by atoms with Crippen LogP contribution in [0.2, 0.25) is 0 Å². The maximum absolute atomic E-state index is 15.4. The second-order valence-corrected chi connectivity index (χ2v) is 14.5. The van der Waals surface area contributed by atoms with E-state index in [1.54, 1.807) is 36.5 Å². The molecule has 1 aromatic heterocycles. The minimum absolute atomic E-state index is 0.0183. The molecule has 0 saturated carbocycles. The van der Waals surface area contributed by atoms with Crippen LogP contribution in [0.3, 0.4) is 0 Å². The van der Waals surface area contributed by atoms with Gasteiger partial charge in [0.2, 0.25) is 11.8 Å². The summed E-state index contributed by atoms with van der Waals surface area (Å²) in [5.41, 5.74) is 7.69. The van der Waals surface area contributed by atoms with E-state index in [2.05, 4.69) is 32.8 Å². The minimum Gasteiger partial charge on any atom is -0.491 e. The van der Waals surface area contributed by atoms with Gasteiger partial charge in [0.25, 0.3) is 0 Å². The first-order valence-electron chi connectivity index (χ1n) is 19.4. The number of nitrogens with one attached hydrogen (secondary N) is 3. The summed E-state index contributed by atoms with van der Waals surface area (Å²) in [6.45, 7) is -0.165. The number of morpholine rings is 1. The Balaban J connectivity index is 1.39. The Morgan fingerprint density at radius 2 is 1.63 bits per heavy atom. The zero-order valence-corrected chi connectivity index (χ0v) is 31.9. The average molecular weight is 791 g/mol. The third-order valence-electron chi connectivity index (χ3n) is 11.1. The Labute approximate surface area is 340 Å². The molecule has 4 amide bonds. The smallest absolute Gasteiger partial charge is 0.324 e. The molecule has 0 aliphatic carbocycles. The summed E-state index contributed by atoms with van der Waals surface area (Å²) in [5.74, 6) is 3.28. The van der Waals surface area contributed by atoms with E-state index < -0.39 is 59.4 Å². The number of cyclic esters (lactones) is 1. The van der Waals surface area contributed by atoms with Crippen molar-refractivity contribution in [1.29, 1.82) is 0 Å². The number of anilines is 1. The predicted octanol–water partition coefficient (Wildman–Crippen LogP) is 4.10. The molecule has 6 atom stereocenters. The van der Waals surface area contributed by atoms with Crippen molar-refractivity contribution in [1.82, 2.24) is 20.5 Å². The lowest BCUT2D eigenvalue weighted by Crippen LogP contribution is -2.55. The molecule has 4 aromatic carbocycles. The fourth-order valence-corrected chi connectivity index (χ4v) is 8.88. The number of benzene rings is 4. The molecule has 2 saturated heterocycles. The van der Waals surface area contributed by atoms with Crippen LogP contribution in [0.4, 0.5) is 10.5 Å². The molecule has 5 aromatic rings. The van der Waals surface area contributed by atoms with Gasteiger partial charge in [0.15, 0.2) is 0 Å². The van der Waals surface area contributed by atoms with Crippen molar-refractivity contribution in [3.8, 4) is 17.6 Å². The monoisotopic (exact) mass is 790 g/mol. The van der Waals surface area contributed by atoms with Crippen LogP contribution in [0, 0.1) is 17.8 Å². The number of pyridine rings is 1. The lowest BCUT2D eigenvalue weighted by molar-refractivity contribution is -0.178. The van der Waals surface area contributed by atoms with Gasteiger partial charge in [-0.2, -0.15) is 0 Å². The van der Waals surface area contributed by atoms with Crippen LogP contribution in [-0.2, 0) is 31.0 Å². The van der Waals surface area contributed by atoms with Crippen LogP contribution in [0.5, 0.6) is 5.75 Å². The number of aliphatic hydroxyl groups excluding tert-OH is 1. The summed E-state index contributed by atoms with van der Waals surface area (Å²) in [6.07, 6.45) is 1.23. The summed E-state index contributed by atoms with van der Waals surface area (Å²) < 4.78 is 12.7. The van der Waals surface area contributed by atoms with Crippen molar-refractivity contribution in [3.05, 3.63) is 161 Å². The summed E-state index contributed by atoms with van der Waals surface area (Å²) in [4.78, 5) is 63.4. The van der Waals surface area contributed by atoms with Gasteiger partial charge in [0.05, 0.1) is 31.2 Å². The van der Waals surface area contributed by atoms with Crippen molar-refractivity contribution in [3.63, 3.8) is 0 Å². The van der Waals surface area contributed by atoms with Gasteiger partial charge in [0.1, 0.15) is 29.9 Å². The maximum atomic E-state index is 15.4. The van der Waals surface area contributed by atoms with Crippen LogP contribution in [-0.4, -0.2) is 71.2 Å². The molecule has 13 nitrogen and oxygen atoms in total. The number of urea groups is 1. The van der Waals surface area contributed by atoms with E-state index in [0.29, 0.717) is 34.5 Å². The van der Waals surface area contributed by atoms with Gasteiger partial charge >= 0.3 is 12.0 Å². The molecule has 298 valence electrons. The summed E-state index contributed by atoms with van der Waals surface area (Å²) >= 11 is 0. The molecule has 4 heterocycles. The molecule has 3 aliphatic rings. The van der Waals surface area contributed by atoms with Crippen LogP contribution >= 0.6 is 0 Å². The van der Waals surface area contributed by atoms with Crippen LogP contribution in [0.1, 0.15) is 51.7 Å². The number of esters is 1. The third-order valence-corrected chi connectivity index (χ3v) is 11.1. The standard InChI is InChI=1S/C46H42N6O7/c47-45(57)50-24-11-12-29-20-21-35-34(28-29)46(44(56)51-35)37(42(54)49-25-22-32-17-9-10-23-48-32)39-43(55)59-40(31-15-5-2-6-16-31)38(30-13-3-1-4-14-30)52(39)41(46)33-18-7-8-19-36(33)58-27-26-53/h1-10,13-21,23,28,37-41,53H,22,24-27H2,(H,49,54)(H,51,56)(H3,47,50,57)/t37-,38-,39-,40+,41+,46-/m0/s1. The van der Waals surface area contributed by atoms with Crippen LogP contribution in [0.25, 0.3) is 0 Å². The summed E-state index contributed by atoms with van der Waals surface area (Å²) in [7, 11) is 0. The molecule has 0 radical (unpaired) electrons. The number of ether oxygens (including phenoxy) is 2. The number of carbonyl (C=O) groups is 4. The second kappa shape index (κ2) is 16.8. The van der Waals surface area contributed by atoms with E-state index in [9.17, 15) is 9.90 Å². The number of amides is 4. The Hall–Kier alpha value is -7.01. The number of nitrogens with zero attached hydrogens (tertiary/aromatic N) is 2. The summed E-state index contributed by atoms with van der Waals surface area (Å²) in [6, 6.07) is 33.2. The van der Waals surface area contributed by atoms with E-state index in [1.165, 1.54) is 0 Å². The fourth-order valence-electron chi connectivity index (χ4n) is 8.88. The number of fused-ring (bicyclic) bond motifs is 3. The number of hydrogen-bond donors (Lipinski definition) is 5. The van der Waals surface area contributed by atoms with Crippen molar-refractivity contribution in [2.24, 2.45) is 11.7 Å². The number of carbonyl (C=O) groups excluding carboxylic acids is 4. The van der Waals surface area contributed by atoms with Crippen LogP contribution in [0.15, 0.2) is 128 Å². The van der Waals surface area contributed by atoms with Gasteiger partial charge in [-0.3, -0.25) is 24.3 Å². The number of nitrogens with two attached hydrogens (primary N) is 1. The number of hydrogen-bond acceptors (Lipinski definition) is 9. The van der Waals surface area contributed by atoms with Crippen molar-refractivity contribution in [2.45, 2.75) is 36.1 Å². The zero-order valence-electron chi connectivity index (χ0n) is 31.9. The number of aliphatic hydroxyl groups is 1. The maximum Gasteiger partial charge on any atom is 0.324 e. The topological polar surface area (TPSA) is 185 Å². The minimum atomic E-state index is -1.78. The first-order chi connectivity index (χ1) is 28.8. The van der Waals surface area contributed by atoms with E-state index in [4.69, 9.17) is 15.2 Å². The highest BCUT2D eigenvalue weighted by atomic mass is 16.6. The van der Waals surface area contributed by atoms with E-state index in [0.717, 1.165) is 16.8 Å². The molecular formula is C46H42N6O7. The van der Waals surface area contributed by atoms with E-state index in [-0.39, 0.29) is 26.3 Å². The Bertz CT molecular complexity index is 2420. The molecule has 8 rings (SSSR count). The lowest BCUT2D eigenvalue weighted by atomic mass is 9.65. The molecule has 3 aliphatic heterocycles. The molecule has 2 fully saturated rings. The second-order valence-electron chi connectivity index (χ2n) is 14.5. The Morgan fingerprint density at radius 3 is 2.36 bits per heavy atom. The zero-order chi connectivity index (χ0) is 40.9. The predicted molar refractivity (Wildman–Crippen MR) is 218 cm³/mol. The molecule has 13 heteroatoms. The fraction of sp³-hybridized carbons (Fsp3) is 0.239. The Morgan fingerprint density at radius 1 is 0.898 bits per heavy atom. The van der Waals surface area contributed by atoms with E-state index in [1.807, 2.05) is 95.9 Å². The molecule has 6 N–H and O–H groups in total.